The van der Waals surface area contributed by atoms with Gasteiger partial charge in [-0.05, 0) is 24.5 Å². The molecule has 0 saturated carbocycles. The van der Waals surface area contributed by atoms with E-state index in [0.29, 0.717) is 0 Å². The molecule has 1 aromatic heterocycles. The molecule has 0 spiro atoms. The van der Waals surface area contributed by atoms with Crippen molar-refractivity contribution >= 4 is 5.71 Å². The summed E-state index contributed by atoms with van der Waals surface area (Å²) in [5.74, 6) is 0. The van der Waals surface area contributed by atoms with Gasteiger partial charge in [0.05, 0.1) is 18.2 Å². The van der Waals surface area contributed by atoms with E-state index >= 15 is 0 Å². The van der Waals surface area contributed by atoms with Crippen LogP contribution in [0.25, 0.3) is 0 Å². The van der Waals surface area contributed by atoms with Crippen LogP contribution in [-0.4, -0.2) is 12.3 Å². The van der Waals surface area contributed by atoms with Crippen LogP contribution in [0.1, 0.15) is 23.1 Å². The Kier molecular flexibility index (Phi) is 4.83. The van der Waals surface area contributed by atoms with Crippen molar-refractivity contribution in [2.75, 3.05) is 6.54 Å². The summed E-state index contributed by atoms with van der Waals surface area (Å²) in [7, 11) is 0. The molecule has 0 bridgehead atoms. The largest absolute Gasteiger partial charge is 0.472 e. The number of nitrogens with zero attached hydrogens (tertiary/aromatic N) is 1. The smallest absolute Gasteiger partial charge is 0.0934 e. The van der Waals surface area contributed by atoms with E-state index in [1.807, 2.05) is 18.2 Å². The van der Waals surface area contributed by atoms with Crippen molar-refractivity contribution in [3.8, 4) is 0 Å². The minimum atomic E-state index is 0.810. The highest BCUT2D eigenvalue weighted by atomic mass is 16.3. The number of benzene rings is 2. The third-order valence-corrected chi connectivity index (χ3v) is 3.57. The van der Waals surface area contributed by atoms with Crippen molar-refractivity contribution in [2.24, 2.45) is 4.99 Å². The predicted molar refractivity (Wildman–Crippen MR) is 90.4 cm³/mol. The molecule has 0 aliphatic rings. The first-order chi connectivity index (χ1) is 10.9. The van der Waals surface area contributed by atoms with Gasteiger partial charge in [-0.1, -0.05) is 60.7 Å². The zero-order chi connectivity index (χ0) is 15.0. The Hall–Kier alpha value is -2.61. The molecular formula is C20H19NO. The van der Waals surface area contributed by atoms with E-state index in [9.17, 15) is 0 Å². The van der Waals surface area contributed by atoms with Crippen molar-refractivity contribution in [2.45, 2.75) is 12.8 Å². The summed E-state index contributed by atoms with van der Waals surface area (Å²) < 4.78 is 5.10. The van der Waals surface area contributed by atoms with E-state index in [-0.39, 0.29) is 0 Å². The maximum absolute atomic E-state index is 5.10. The molecule has 0 fully saturated rings. The molecule has 3 rings (SSSR count). The first-order valence-corrected chi connectivity index (χ1v) is 7.60. The Balaban J connectivity index is 1.75. The molecule has 0 aliphatic carbocycles. The van der Waals surface area contributed by atoms with Crippen LogP contribution >= 0.6 is 0 Å². The van der Waals surface area contributed by atoms with Crippen LogP contribution in [0.3, 0.4) is 0 Å². The molecule has 1 heterocycles. The number of aryl methyl sites for hydroxylation is 1. The molecule has 0 N–H and O–H groups in total. The minimum Gasteiger partial charge on any atom is -0.472 e. The summed E-state index contributed by atoms with van der Waals surface area (Å²) >= 11 is 0. The third-order valence-electron chi connectivity index (χ3n) is 3.57. The van der Waals surface area contributed by atoms with Gasteiger partial charge in [0.2, 0.25) is 0 Å². The summed E-state index contributed by atoms with van der Waals surface area (Å²) in [6.07, 6.45) is 5.54. The third kappa shape index (κ3) is 3.73. The Morgan fingerprint density at radius 3 is 2.00 bits per heavy atom. The Bertz CT molecular complexity index is 658. The average molecular weight is 290 g/mol. The number of aliphatic imine (C=N–C) groups is 1. The lowest BCUT2D eigenvalue weighted by Crippen LogP contribution is -2.04. The standard InChI is InChI=1S/C20H19NO/c1-3-9-18(10-4-1)20(19-11-5-2-6-12-19)21-14-7-8-17-13-15-22-16-17/h1-6,9-13,15-16H,7-8,14H2/i21+1. The second-order valence-corrected chi connectivity index (χ2v) is 5.20. The van der Waals surface area contributed by atoms with Gasteiger partial charge in [0.1, 0.15) is 0 Å². The van der Waals surface area contributed by atoms with E-state index in [0.717, 1.165) is 36.2 Å². The summed E-state index contributed by atoms with van der Waals surface area (Å²) in [6, 6.07) is 22.7. The van der Waals surface area contributed by atoms with E-state index in [1.165, 1.54) is 5.56 Å². The zero-order valence-electron chi connectivity index (χ0n) is 12.5. The SMILES string of the molecule is c1ccc(C(=[15N]CCCc2ccoc2)c2ccccc2)cc1. The lowest BCUT2D eigenvalue weighted by atomic mass is 10.0. The van der Waals surface area contributed by atoms with Crippen LogP contribution in [0.4, 0.5) is 0 Å². The van der Waals surface area contributed by atoms with Crippen LogP contribution in [-0.2, 0) is 6.42 Å². The highest BCUT2D eigenvalue weighted by Crippen LogP contribution is 2.12. The fraction of sp³-hybridized carbons (Fsp3) is 0.150. The summed E-state index contributed by atoms with van der Waals surface area (Å²) in [4.78, 5) is 4.85. The molecule has 0 radical (unpaired) electrons. The van der Waals surface area contributed by atoms with Crippen molar-refractivity contribution in [1.29, 1.82) is 0 Å². The first-order valence-electron chi connectivity index (χ1n) is 7.60. The van der Waals surface area contributed by atoms with Crippen LogP contribution in [0, 0.1) is 0 Å². The molecule has 2 nitrogen and oxygen atoms in total. The number of hydrogen-bond donors (Lipinski definition) is 0. The lowest BCUT2D eigenvalue weighted by Gasteiger charge is -2.07. The van der Waals surface area contributed by atoms with Crippen molar-refractivity contribution in [3.63, 3.8) is 0 Å². The number of hydrogen-bond acceptors (Lipinski definition) is 2. The Morgan fingerprint density at radius 2 is 1.45 bits per heavy atom. The number of rotatable bonds is 6. The maximum atomic E-state index is 5.10. The van der Waals surface area contributed by atoms with Crippen molar-refractivity contribution in [1.82, 2.24) is 0 Å². The molecule has 0 aliphatic heterocycles. The molecule has 0 atom stereocenters. The van der Waals surface area contributed by atoms with Crippen LogP contribution in [0.5, 0.6) is 0 Å². The Morgan fingerprint density at radius 1 is 0.818 bits per heavy atom. The van der Waals surface area contributed by atoms with Gasteiger partial charge in [-0.3, -0.25) is 4.99 Å². The molecule has 0 unspecified atom stereocenters. The fourth-order valence-electron chi connectivity index (χ4n) is 2.45. The van der Waals surface area contributed by atoms with E-state index in [4.69, 9.17) is 9.41 Å². The van der Waals surface area contributed by atoms with Crippen LogP contribution in [0.15, 0.2) is 88.7 Å². The van der Waals surface area contributed by atoms with Crippen LogP contribution < -0.4 is 0 Å². The zero-order valence-corrected chi connectivity index (χ0v) is 12.5. The molecule has 0 saturated heterocycles. The molecule has 0 amide bonds. The van der Waals surface area contributed by atoms with Gasteiger partial charge in [-0.25, -0.2) is 0 Å². The highest BCUT2D eigenvalue weighted by molar-refractivity contribution is 6.12. The molecule has 2 aromatic carbocycles. The second-order valence-electron chi connectivity index (χ2n) is 5.20. The summed E-state index contributed by atoms with van der Waals surface area (Å²) in [6.45, 7) is 0.810. The quantitative estimate of drug-likeness (QED) is 0.365. The minimum absolute atomic E-state index is 0.810. The predicted octanol–water partition coefficient (Wildman–Crippen LogP) is 4.75. The summed E-state index contributed by atoms with van der Waals surface area (Å²) in [5, 5.41) is 0. The number of furan rings is 1. The monoisotopic (exact) mass is 290 g/mol. The normalized spacial score (nSPS) is 10.4. The lowest BCUT2D eigenvalue weighted by molar-refractivity contribution is 0.563. The average Bonchev–Trinajstić information content (AvgIpc) is 3.10. The molecule has 22 heavy (non-hydrogen) atoms. The van der Waals surface area contributed by atoms with Crippen LogP contribution in [0.2, 0.25) is 0 Å². The van der Waals surface area contributed by atoms with Gasteiger partial charge in [-0.2, -0.15) is 0 Å². The van der Waals surface area contributed by atoms with Crippen molar-refractivity contribution < 1.29 is 4.42 Å². The Labute approximate surface area is 131 Å². The van der Waals surface area contributed by atoms with Gasteiger partial charge in [-0.15, -0.1) is 0 Å². The molecular weight excluding hydrogens is 271 g/mol. The van der Waals surface area contributed by atoms with Crippen molar-refractivity contribution in [3.05, 3.63) is 95.9 Å². The van der Waals surface area contributed by atoms with Gasteiger partial charge in [0.15, 0.2) is 0 Å². The van der Waals surface area contributed by atoms with E-state index in [2.05, 4.69) is 48.5 Å². The topological polar surface area (TPSA) is 25.5 Å². The van der Waals surface area contributed by atoms with E-state index in [1.54, 1.807) is 12.5 Å². The fourth-order valence-corrected chi connectivity index (χ4v) is 2.45. The van der Waals surface area contributed by atoms with Gasteiger partial charge < -0.3 is 4.42 Å². The molecule has 110 valence electrons. The molecule has 2 heteroatoms. The maximum Gasteiger partial charge on any atom is 0.0934 e. The second kappa shape index (κ2) is 7.41. The molecule has 3 aromatic rings. The summed E-state index contributed by atoms with van der Waals surface area (Å²) in [5.41, 5.74) is 4.62. The first kappa shape index (κ1) is 14.3. The van der Waals surface area contributed by atoms with E-state index < -0.39 is 0 Å². The van der Waals surface area contributed by atoms with Gasteiger partial charge in [0.25, 0.3) is 0 Å². The van der Waals surface area contributed by atoms with Gasteiger partial charge in [0, 0.05) is 17.7 Å². The van der Waals surface area contributed by atoms with Gasteiger partial charge >= 0.3 is 0 Å². The highest BCUT2D eigenvalue weighted by Gasteiger charge is 2.05.